The average Bonchev–Trinajstić information content (AvgIpc) is 2.52. The highest BCUT2D eigenvalue weighted by Crippen LogP contribution is 2.28. The van der Waals surface area contributed by atoms with E-state index in [0.29, 0.717) is 24.8 Å². The largest absolute Gasteiger partial charge is 0.494 e. The van der Waals surface area contributed by atoms with Crippen molar-refractivity contribution < 1.29 is 14.3 Å². The van der Waals surface area contributed by atoms with Crippen LogP contribution in [0.2, 0.25) is 0 Å². The Labute approximate surface area is 155 Å². The second kappa shape index (κ2) is 7.86. The maximum atomic E-state index is 11.9. The van der Waals surface area contributed by atoms with Crippen molar-refractivity contribution in [1.82, 2.24) is 14.9 Å². The molecule has 1 aromatic heterocycles. The highest BCUT2D eigenvalue weighted by atomic mass is 79.9. The second-order valence-electron chi connectivity index (χ2n) is 6.57. The van der Waals surface area contributed by atoms with Crippen LogP contribution in [0.3, 0.4) is 0 Å². The number of anilines is 1. The van der Waals surface area contributed by atoms with Crippen molar-refractivity contribution >= 4 is 38.9 Å². The van der Waals surface area contributed by atoms with Crippen LogP contribution < -0.4 is 10.1 Å². The summed E-state index contributed by atoms with van der Waals surface area (Å²) in [4.78, 5) is 22.2. The van der Waals surface area contributed by atoms with E-state index in [1.165, 1.54) is 4.90 Å². The van der Waals surface area contributed by atoms with E-state index in [1.54, 1.807) is 20.4 Å². The number of carbonyl (C=O) groups is 1. The van der Waals surface area contributed by atoms with Gasteiger partial charge in [0, 0.05) is 36.2 Å². The van der Waals surface area contributed by atoms with Crippen molar-refractivity contribution in [3.05, 3.63) is 22.8 Å². The number of benzene rings is 1. The Hall–Kier alpha value is -2.09. The molecule has 25 heavy (non-hydrogen) atoms. The predicted octanol–water partition coefficient (Wildman–Crippen LogP) is 3.68. The SMILES string of the molecule is COc1cc(Br)cc2cnc(NCCN(C)C(=O)OC(C)(C)C)nc12. The molecule has 1 aromatic carbocycles. The van der Waals surface area contributed by atoms with E-state index in [2.05, 4.69) is 31.2 Å². The van der Waals surface area contributed by atoms with Gasteiger partial charge in [0.15, 0.2) is 0 Å². The first-order valence-electron chi connectivity index (χ1n) is 7.88. The maximum absolute atomic E-state index is 11.9. The van der Waals surface area contributed by atoms with E-state index in [0.717, 1.165) is 15.4 Å². The van der Waals surface area contributed by atoms with Crippen molar-refractivity contribution in [1.29, 1.82) is 0 Å². The molecule has 0 unspecified atom stereocenters. The number of ether oxygens (including phenoxy) is 2. The van der Waals surface area contributed by atoms with Crippen LogP contribution in [-0.2, 0) is 4.74 Å². The monoisotopic (exact) mass is 410 g/mol. The number of halogens is 1. The second-order valence-corrected chi connectivity index (χ2v) is 7.48. The molecule has 0 saturated heterocycles. The molecule has 8 heteroatoms. The van der Waals surface area contributed by atoms with Gasteiger partial charge in [-0.15, -0.1) is 0 Å². The molecule has 0 spiro atoms. The standard InChI is InChI=1S/C17H23BrN4O3/c1-17(2,3)25-16(23)22(4)7-6-19-15-20-10-11-8-12(18)9-13(24-5)14(11)21-15/h8-10H,6-7H2,1-5H3,(H,19,20,21). The zero-order valence-corrected chi connectivity index (χ0v) is 16.7. The summed E-state index contributed by atoms with van der Waals surface area (Å²) in [5, 5.41) is 3.99. The number of hydrogen-bond donors (Lipinski definition) is 1. The molecule has 2 aromatic rings. The predicted molar refractivity (Wildman–Crippen MR) is 101 cm³/mol. The molecule has 0 aliphatic heterocycles. The molecule has 7 nitrogen and oxygen atoms in total. The average molecular weight is 411 g/mol. The van der Waals surface area contributed by atoms with E-state index in [-0.39, 0.29) is 6.09 Å². The molecule has 0 radical (unpaired) electrons. The minimum absolute atomic E-state index is 0.361. The molecule has 0 aliphatic rings. The van der Waals surface area contributed by atoms with Crippen LogP contribution >= 0.6 is 15.9 Å². The number of methoxy groups -OCH3 is 1. The Bertz CT molecular complexity index is 761. The van der Waals surface area contributed by atoms with Crippen LogP contribution in [0.25, 0.3) is 10.9 Å². The van der Waals surface area contributed by atoms with Crippen LogP contribution in [0.4, 0.5) is 10.7 Å². The molecule has 0 aliphatic carbocycles. The third-order valence-corrected chi connectivity index (χ3v) is 3.73. The first kappa shape index (κ1) is 19.2. The van der Waals surface area contributed by atoms with Crippen LogP contribution in [-0.4, -0.2) is 53.8 Å². The maximum Gasteiger partial charge on any atom is 0.410 e. The summed E-state index contributed by atoms with van der Waals surface area (Å²) >= 11 is 3.43. The number of rotatable bonds is 5. The molecule has 1 N–H and O–H groups in total. The zero-order chi connectivity index (χ0) is 18.6. The third kappa shape index (κ3) is 5.45. The smallest absolute Gasteiger partial charge is 0.410 e. The molecule has 2 rings (SSSR count). The summed E-state index contributed by atoms with van der Waals surface area (Å²) in [6.07, 6.45) is 1.37. The lowest BCUT2D eigenvalue weighted by molar-refractivity contribution is 0.0305. The number of carbonyl (C=O) groups excluding carboxylic acids is 1. The summed E-state index contributed by atoms with van der Waals surface area (Å²) in [7, 11) is 3.30. The van der Waals surface area contributed by atoms with Gasteiger partial charge in [0.2, 0.25) is 5.95 Å². The summed E-state index contributed by atoms with van der Waals surface area (Å²) in [6, 6.07) is 3.79. The number of likely N-dealkylation sites (N-methyl/N-ethyl adjacent to an activating group) is 1. The fraction of sp³-hybridized carbons (Fsp3) is 0.471. The first-order valence-corrected chi connectivity index (χ1v) is 8.67. The fourth-order valence-electron chi connectivity index (χ4n) is 2.09. The van der Waals surface area contributed by atoms with Gasteiger partial charge in [0.25, 0.3) is 0 Å². The van der Waals surface area contributed by atoms with Gasteiger partial charge in [-0.3, -0.25) is 0 Å². The van der Waals surface area contributed by atoms with E-state index in [9.17, 15) is 4.79 Å². The molecule has 1 heterocycles. The minimum Gasteiger partial charge on any atom is -0.494 e. The summed E-state index contributed by atoms with van der Waals surface area (Å²) in [5.41, 5.74) is 0.217. The molecule has 0 saturated carbocycles. The van der Waals surface area contributed by atoms with Gasteiger partial charge in [-0.05, 0) is 32.9 Å². The van der Waals surface area contributed by atoms with Crippen LogP contribution in [0.5, 0.6) is 5.75 Å². The molecule has 0 fully saturated rings. The van der Waals surface area contributed by atoms with E-state index in [4.69, 9.17) is 9.47 Å². The van der Waals surface area contributed by atoms with Gasteiger partial charge >= 0.3 is 6.09 Å². The molecule has 1 amide bonds. The van der Waals surface area contributed by atoms with Crippen molar-refractivity contribution in [2.45, 2.75) is 26.4 Å². The van der Waals surface area contributed by atoms with Crippen LogP contribution in [0, 0.1) is 0 Å². The lowest BCUT2D eigenvalue weighted by Crippen LogP contribution is -2.36. The van der Waals surface area contributed by atoms with Gasteiger partial charge in [-0.25, -0.2) is 14.8 Å². The lowest BCUT2D eigenvalue weighted by Gasteiger charge is -2.24. The summed E-state index contributed by atoms with van der Waals surface area (Å²) < 4.78 is 11.6. The Balaban J connectivity index is 1.99. The normalized spacial score (nSPS) is 11.3. The third-order valence-electron chi connectivity index (χ3n) is 3.27. The molecular formula is C17H23BrN4O3. The number of nitrogens with one attached hydrogen (secondary N) is 1. The fourth-order valence-corrected chi connectivity index (χ4v) is 2.54. The van der Waals surface area contributed by atoms with Crippen molar-refractivity contribution in [3.8, 4) is 5.75 Å². The van der Waals surface area contributed by atoms with Gasteiger partial charge in [-0.2, -0.15) is 0 Å². The Kier molecular flexibility index (Phi) is 6.05. The Morgan fingerprint density at radius 1 is 1.36 bits per heavy atom. The lowest BCUT2D eigenvalue weighted by atomic mass is 10.2. The summed E-state index contributed by atoms with van der Waals surface area (Å²) in [5.74, 6) is 1.14. The van der Waals surface area contributed by atoms with Gasteiger partial charge in [-0.1, -0.05) is 15.9 Å². The van der Waals surface area contributed by atoms with E-state index < -0.39 is 5.60 Å². The number of hydrogen-bond acceptors (Lipinski definition) is 6. The number of amides is 1. The van der Waals surface area contributed by atoms with Gasteiger partial charge < -0.3 is 19.7 Å². The summed E-state index contributed by atoms with van der Waals surface area (Å²) in [6.45, 7) is 6.48. The molecule has 0 atom stereocenters. The number of fused-ring (bicyclic) bond motifs is 1. The topological polar surface area (TPSA) is 76.6 Å². The van der Waals surface area contributed by atoms with Gasteiger partial charge in [0.1, 0.15) is 16.9 Å². The Morgan fingerprint density at radius 2 is 2.08 bits per heavy atom. The molecular weight excluding hydrogens is 388 g/mol. The number of nitrogens with zero attached hydrogens (tertiary/aromatic N) is 3. The molecule has 136 valence electrons. The quantitative estimate of drug-likeness (QED) is 0.809. The van der Waals surface area contributed by atoms with Crippen molar-refractivity contribution in [2.24, 2.45) is 0 Å². The van der Waals surface area contributed by atoms with Gasteiger partial charge in [0.05, 0.1) is 7.11 Å². The van der Waals surface area contributed by atoms with E-state index >= 15 is 0 Å². The zero-order valence-electron chi connectivity index (χ0n) is 15.1. The highest BCUT2D eigenvalue weighted by molar-refractivity contribution is 9.10. The first-order chi connectivity index (χ1) is 11.7. The van der Waals surface area contributed by atoms with E-state index in [1.807, 2.05) is 32.9 Å². The minimum atomic E-state index is -0.509. The van der Waals surface area contributed by atoms with Crippen LogP contribution in [0.15, 0.2) is 22.8 Å². The Morgan fingerprint density at radius 3 is 2.72 bits per heavy atom. The number of aromatic nitrogens is 2. The highest BCUT2D eigenvalue weighted by Gasteiger charge is 2.19. The molecule has 0 bridgehead atoms. The van der Waals surface area contributed by atoms with Crippen LogP contribution in [0.1, 0.15) is 20.8 Å². The van der Waals surface area contributed by atoms with Crippen molar-refractivity contribution in [2.75, 3.05) is 32.6 Å². The van der Waals surface area contributed by atoms with Crippen molar-refractivity contribution in [3.63, 3.8) is 0 Å².